The molecule has 9 nitrogen and oxygen atoms in total. The second kappa shape index (κ2) is 10.3. The summed E-state index contributed by atoms with van der Waals surface area (Å²) in [5.41, 5.74) is -2.42. The van der Waals surface area contributed by atoms with Gasteiger partial charge in [-0.05, 0) is 74.3 Å². The molecule has 11 heteroatoms. The molecule has 3 fully saturated rings. The maximum Gasteiger partial charge on any atom is 1.00 e. The fourth-order valence-corrected chi connectivity index (χ4v) is 8.42. The third kappa shape index (κ3) is 4.81. The number of aliphatic hydroxyl groups is 2. The van der Waals surface area contributed by atoms with Gasteiger partial charge in [0.2, 0.25) is 5.78 Å². The van der Waals surface area contributed by atoms with Crippen molar-refractivity contribution in [2.24, 2.45) is 28.6 Å². The van der Waals surface area contributed by atoms with E-state index in [0.717, 1.165) is 24.1 Å². The Labute approximate surface area is 249 Å². The van der Waals surface area contributed by atoms with Crippen LogP contribution in [0.15, 0.2) is 53.0 Å². The number of aliphatic hydroxyl groups excluding tert-OH is 1. The van der Waals surface area contributed by atoms with E-state index in [1.54, 1.807) is 12.2 Å². The van der Waals surface area contributed by atoms with Gasteiger partial charge in [0.05, 0.1) is 16.6 Å². The molecular weight excluding hydrogens is 535 g/mol. The number of allylic oxidation sites excluding steroid dienone is 4. The standard InChI is InChI=1S/C28H32O9S.Na/c1-26-10-8-18(29)13-17(26)6-7-20-21-9-11-28(33,27(21,2)14-22(30)24(20)26)23(31)15-37-25(32)16-4-3-5-19(12-16)38(34,35)36;/h3-5,8,10,12-13,20-22,24,30,33H,6-7,9,11,14-15H2,1-2H3,(H,34,35,36);/q;+1/p-1/t20?,21?,22-,24?,26-,27-,28-;/m0./s1. The SMILES string of the molecule is C[C@]12C=CC(=O)C=C1CCC1C2[C@@H](O)C[C@@]2(C)C1CC[C@]2(O)C(=O)COC(=O)c1cccc(S(=O)(=O)[O-])c1.[Na+]. The van der Waals surface area contributed by atoms with E-state index >= 15 is 0 Å². The van der Waals surface area contributed by atoms with Crippen molar-refractivity contribution in [3.05, 3.63) is 53.6 Å². The van der Waals surface area contributed by atoms with Crippen molar-refractivity contribution >= 4 is 27.7 Å². The van der Waals surface area contributed by atoms with E-state index in [9.17, 15) is 37.6 Å². The van der Waals surface area contributed by atoms with Crippen molar-refractivity contribution < 1.29 is 71.9 Å². The van der Waals surface area contributed by atoms with Crippen LogP contribution in [-0.2, 0) is 24.4 Å². The van der Waals surface area contributed by atoms with Gasteiger partial charge in [0.15, 0.2) is 12.4 Å². The van der Waals surface area contributed by atoms with Crippen LogP contribution in [-0.4, -0.2) is 59.0 Å². The molecule has 204 valence electrons. The number of rotatable bonds is 5. The van der Waals surface area contributed by atoms with Crippen LogP contribution in [0.2, 0.25) is 0 Å². The molecule has 0 spiro atoms. The molecule has 39 heavy (non-hydrogen) atoms. The van der Waals surface area contributed by atoms with E-state index in [0.29, 0.717) is 12.8 Å². The summed E-state index contributed by atoms with van der Waals surface area (Å²) >= 11 is 0. The zero-order valence-corrected chi connectivity index (χ0v) is 25.1. The zero-order valence-electron chi connectivity index (χ0n) is 22.3. The Morgan fingerprint density at radius 2 is 1.92 bits per heavy atom. The smallest absolute Gasteiger partial charge is 0.744 e. The van der Waals surface area contributed by atoms with Gasteiger partial charge in [-0.1, -0.05) is 31.6 Å². The minimum absolute atomic E-state index is 0. The maximum absolute atomic E-state index is 13.4. The van der Waals surface area contributed by atoms with Crippen LogP contribution in [0.1, 0.15) is 56.3 Å². The van der Waals surface area contributed by atoms with Crippen LogP contribution in [0, 0.1) is 28.6 Å². The summed E-state index contributed by atoms with van der Waals surface area (Å²) in [7, 11) is -4.78. The normalized spacial score (nSPS) is 37.1. The number of hydrogen-bond donors (Lipinski definition) is 2. The number of ketones is 2. The Morgan fingerprint density at radius 3 is 2.62 bits per heavy atom. The van der Waals surface area contributed by atoms with Crippen LogP contribution in [0.5, 0.6) is 0 Å². The maximum atomic E-state index is 13.4. The zero-order chi connectivity index (χ0) is 27.7. The first-order valence-electron chi connectivity index (χ1n) is 12.8. The van der Waals surface area contributed by atoms with Crippen LogP contribution in [0.4, 0.5) is 0 Å². The molecule has 0 bridgehead atoms. The number of hydrogen-bond acceptors (Lipinski definition) is 9. The number of fused-ring (bicyclic) bond motifs is 5. The van der Waals surface area contributed by atoms with Gasteiger partial charge in [0.1, 0.15) is 15.7 Å². The van der Waals surface area contributed by atoms with Crippen molar-refractivity contribution in [3.63, 3.8) is 0 Å². The molecule has 4 aliphatic rings. The average molecular weight is 567 g/mol. The molecule has 1 aromatic carbocycles. The quantitative estimate of drug-likeness (QED) is 0.268. The van der Waals surface area contributed by atoms with Crippen LogP contribution in [0.25, 0.3) is 0 Å². The Balaban J connectivity index is 0.00000353. The molecule has 7 atom stereocenters. The molecule has 0 saturated heterocycles. The van der Waals surface area contributed by atoms with E-state index in [4.69, 9.17) is 4.74 Å². The van der Waals surface area contributed by atoms with E-state index in [1.165, 1.54) is 12.1 Å². The van der Waals surface area contributed by atoms with E-state index < -0.39 is 55.9 Å². The first-order chi connectivity index (χ1) is 17.7. The number of carbonyl (C=O) groups is 3. The Bertz CT molecular complexity index is 1380. The number of esters is 1. The first-order valence-corrected chi connectivity index (χ1v) is 14.2. The molecule has 0 radical (unpaired) electrons. The molecule has 0 amide bonds. The van der Waals surface area contributed by atoms with Crippen molar-refractivity contribution in [2.45, 2.75) is 62.6 Å². The summed E-state index contributed by atoms with van der Waals surface area (Å²) in [6, 6.07) is 4.43. The topological polar surface area (TPSA) is 158 Å². The Morgan fingerprint density at radius 1 is 1.21 bits per heavy atom. The van der Waals surface area contributed by atoms with Crippen LogP contribution < -0.4 is 29.6 Å². The van der Waals surface area contributed by atoms with Gasteiger partial charge in [-0.3, -0.25) is 9.59 Å². The predicted molar refractivity (Wildman–Crippen MR) is 133 cm³/mol. The molecule has 2 N–H and O–H groups in total. The van der Waals surface area contributed by atoms with Crippen molar-refractivity contribution in [3.8, 4) is 0 Å². The third-order valence-corrected chi connectivity index (χ3v) is 10.6. The fourth-order valence-electron chi connectivity index (χ4n) is 7.90. The van der Waals surface area contributed by atoms with Gasteiger partial charge in [0, 0.05) is 16.7 Å². The Kier molecular flexibility index (Phi) is 8.01. The minimum Gasteiger partial charge on any atom is -0.744 e. The molecule has 3 saturated carbocycles. The van der Waals surface area contributed by atoms with E-state index in [-0.39, 0.29) is 71.5 Å². The van der Waals surface area contributed by atoms with Crippen molar-refractivity contribution in [2.75, 3.05) is 6.61 Å². The van der Waals surface area contributed by atoms with Gasteiger partial charge < -0.3 is 19.5 Å². The second-order valence-electron chi connectivity index (χ2n) is 11.6. The van der Waals surface area contributed by atoms with Gasteiger partial charge in [0.25, 0.3) is 0 Å². The predicted octanol–water partition coefficient (Wildman–Crippen LogP) is -0.670. The number of ether oxygens (including phenoxy) is 1. The molecule has 1 aromatic rings. The van der Waals surface area contributed by atoms with Crippen LogP contribution in [0.3, 0.4) is 0 Å². The summed E-state index contributed by atoms with van der Waals surface area (Å²) in [6.45, 7) is 3.13. The van der Waals surface area contributed by atoms with Crippen molar-refractivity contribution in [1.29, 1.82) is 0 Å². The average Bonchev–Trinajstić information content (AvgIpc) is 3.13. The molecule has 0 aliphatic heterocycles. The summed E-state index contributed by atoms with van der Waals surface area (Å²) in [5.74, 6) is -1.89. The van der Waals surface area contributed by atoms with E-state index in [2.05, 4.69) is 0 Å². The van der Waals surface area contributed by atoms with E-state index in [1.807, 2.05) is 19.9 Å². The van der Waals surface area contributed by atoms with Gasteiger partial charge in [-0.2, -0.15) is 0 Å². The summed E-state index contributed by atoms with van der Waals surface area (Å²) < 4.78 is 38.9. The largest absolute Gasteiger partial charge is 1.00 e. The first kappa shape index (κ1) is 30.3. The van der Waals surface area contributed by atoms with Gasteiger partial charge in [-0.25, -0.2) is 13.2 Å². The third-order valence-electron chi connectivity index (χ3n) is 9.80. The van der Waals surface area contributed by atoms with Crippen LogP contribution >= 0.6 is 0 Å². The number of carbonyl (C=O) groups excluding carboxylic acids is 3. The fraction of sp³-hybridized carbons (Fsp3) is 0.536. The summed E-state index contributed by atoms with van der Waals surface area (Å²) in [4.78, 5) is 37.3. The number of Topliss-reactive ketones (excluding diaryl/α,β-unsaturated/α-hetero) is 1. The second-order valence-corrected chi connectivity index (χ2v) is 13.0. The van der Waals surface area contributed by atoms with Gasteiger partial charge >= 0.3 is 35.5 Å². The Hall–Kier alpha value is -1.66. The molecule has 0 heterocycles. The molecular formula is C28H31NaO9S. The molecule has 5 rings (SSSR count). The summed E-state index contributed by atoms with van der Waals surface area (Å²) in [6.07, 6.45) is 6.66. The van der Waals surface area contributed by atoms with Crippen molar-refractivity contribution in [1.82, 2.24) is 0 Å². The molecule has 0 aromatic heterocycles. The monoisotopic (exact) mass is 566 g/mol. The molecule has 3 unspecified atom stereocenters. The molecule has 4 aliphatic carbocycles. The summed E-state index contributed by atoms with van der Waals surface area (Å²) in [5, 5.41) is 23.2. The van der Waals surface area contributed by atoms with Gasteiger partial charge in [-0.15, -0.1) is 0 Å². The minimum atomic E-state index is -4.78. The number of benzene rings is 1.